The fourth-order valence-corrected chi connectivity index (χ4v) is 0.508. The minimum atomic E-state index is -0.633. The van der Waals surface area contributed by atoms with Crippen molar-refractivity contribution >= 4 is 24.4 Å². The first-order valence-corrected chi connectivity index (χ1v) is 3.66. The summed E-state index contributed by atoms with van der Waals surface area (Å²) in [6, 6.07) is 0. The molecule has 62 valence electrons. The molecule has 0 saturated carbocycles. The third-order valence-corrected chi connectivity index (χ3v) is 1.03. The number of primary amides is 1. The van der Waals surface area contributed by atoms with E-state index in [0.717, 1.165) is 12.2 Å². The van der Waals surface area contributed by atoms with Gasteiger partial charge in [0.2, 0.25) is 11.8 Å². The second kappa shape index (κ2) is 5.79. The van der Waals surface area contributed by atoms with Crippen molar-refractivity contribution in [2.24, 2.45) is 5.73 Å². The quantitative estimate of drug-likeness (QED) is 0.381. The molecule has 4 nitrogen and oxygen atoms in total. The molecular formula is C6H10N2O2S. The van der Waals surface area contributed by atoms with Crippen molar-refractivity contribution in [1.29, 1.82) is 0 Å². The zero-order valence-corrected chi connectivity index (χ0v) is 6.80. The van der Waals surface area contributed by atoms with Crippen LogP contribution in [0.4, 0.5) is 0 Å². The van der Waals surface area contributed by atoms with E-state index in [1.54, 1.807) is 0 Å². The van der Waals surface area contributed by atoms with Gasteiger partial charge in [-0.25, -0.2) is 0 Å². The molecule has 0 aliphatic rings. The molecule has 0 aliphatic carbocycles. The lowest BCUT2D eigenvalue weighted by Crippen LogP contribution is -2.23. The minimum Gasteiger partial charge on any atom is -0.366 e. The lowest BCUT2D eigenvalue weighted by Gasteiger charge is -1.95. The molecule has 0 unspecified atom stereocenters. The summed E-state index contributed by atoms with van der Waals surface area (Å²) in [5, 5.41) is 2.48. The Hall–Kier alpha value is -0.970. The highest BCUT2D eigenvalue weighted by atomic mass is 32.1. The van der Waals surface area contributed by atoms with Gasteiger partial charge in [0.1, 0.15) is 0 Å². The predicted molar refractivity (Wildman–Crippen MR) is 45.2 cm³/mol. The summed E-state index contributed by atoms with van der Waals surface area (Å²) in [7, 11) is 0. The van der Waals surface area contributed by atoms with Crippen molar-refractivity contribution in [1.82, 2.24) is 5.32 Å². The van der Waals surface area contributed by atoms with E-state index < -0.39 is 5.91 Å². The molecule has 0 spiro atoms. The summed E-state index contributed by atoms with van der Waals surface area (Å²) in [6.07, 6.45) is 2.10. The summed E-state index contributed by atoms with van der Waals surface area (Å²) in [5.41, 5.74) is 4.75. The average molecular weight is 174 g/mol. The maximum Gasteiger partial charge on any atom is 0.244 e. The fourth-order valence-electron chi connectivity index (χ4n) is 0.396. The molecular weight excluding hydrogens is 164 g/mol. The van der Waals surface area contributed by atoms with Crippen molar-refractivity contribution < 1.29 is 9.59 Å². The Kier molecular flexibility index (Phi) is 5.28. The number of rotatable bonds is 4. The second-order valence-corrected chi connectivity index (χ2v) is 2.20. The van der Waals surface area contributed by atoms with Gasteiger partial charge in [0.25, 0.3) is 0 Å². The zero-order valence-electron chi connectivity index (χ0n) is 5.91. The van der Waals surface area contributed by atoms with Crippen LogP contribution in [0.1, 0.15) is 0 Å². The van der Waals surface area contributed by atoms with Gasteiger partial charge in [-0.15, -0.1) is 0 Å². The molecule has 5 heteroatoms. The van der Waals surface area contributed by atoms with Crippen molar-refractivity contribution in [3.8, 4) is 0 Å². The Balaban J connectivity index is 3.60. The van der Waals surface area contributed by atoms with Crippen molar-refractivity contribution in [2.45, 2.75) is 0 Å². The molecule has 0 rings (SSSR count). The topological polar surface area (TPSA) is 72.2 Å². The molecule has 0 aliphatic heterocycles. The van der Waals surface area contributed by atoms with Crippen LogP contribution in [0.2, 0.25) is 0 Å². The highest BCUT2D eigenvalue weighted by Crippen LogP contribution is 1.74. The fraction of sp³-hybridized carbons (Fsp3) is 0.333. The molecule has 0 heterocycles. The number of nitrogens with one attached hydrogen (secondary N) is 1. The van der Waals surface area contributed by atoms with Crippen LogP contribution in [0, 0.1) is 0 Å². The molecule has 0 aromatic heterocycles. The van der Waals surface area contributed by atoms with Gasteiger partial charge < -0.3 is 11.1 Å². The summed E-state index contributed by atoms with van der Waals surface area (Å²) in [6.45, 7) is 0.477. The monoisotopic (exact) mass is 174 g/mol. The number of carbonyl (C=O) groups excluding carboxylic acids is 2. The van der Waals surface area contributed by atoms with E-state index in [9.17, 15) is 9.59 Å². The second-order valence-electron chi connectivity index (χ2n) is 1.75. The SMILES string of the molecule is NC(=O)C=CC(=O)NCCS. The van der Waals surface area contributed by atoms with E-state index in [0.29, 0.717) is 12.3 Å². The number of amides is 2. The van der Waals surface area contributed by atoms with E-state index in [2.05, 4.69) is 17.9 Å². The molecule has 0 aromatic carbocycles. The van der Waals surface area contributed by atoms with Crippen LogP contribution >= 0.6 is 12.6 Å². The lowest BCUT2D eigenvalue weighted by atomic mass is 10.4. The van der Waals surface area contributed by atoms with Crippen molar-refractivity contribution in [2.75, 3.05) is 12.3 Å². The normalized spacial score (nSPS) is 9.91. The largest absolute Gasteiger partial charge is 0.366 e. The van der Waals surface area contributed by atoms with Crippen LogP contribution in [0.5, 0.6) is 0 Å². The summed E-state index contributed by atoms with van der Waals surface area (Å²) < 4.78 is 0. The first-order valence-electron chi connectivity index (χ1n) is 3.03. The van der Waals surface area contributed by atoms with E-state index in [1.807, 2.05) is 0 Å². The third kappa shape index (κ3) is 6.92. The predicted octanol–water partition coefficient (Wildman–Crippen LogP) is -0.926. The molecule has 0 aromatic rings. The highest BCUT2D eigenvalue weighted by Gasteiger charge is 1.92. The Morgan fingerprint density at radius 1 is 1.45 bits per heavy atom. The van der Waals surface area contributed by atoms with Crippen molar-refractivity contribution in [3.63, 3.8) is 0 Å². The number of hydrogen-bond acceptors (Lipinski definition) is 3. The Labute approximate surface area is 70.2 Å². The van der Waals surface area contributed by atoms with Gasteiger partial charge in [-0.2, -0.15) is 12.6 Å². The minimum absolute atomic E-state index is 0.335. The Bertz CT molecular complexity index is 179. The van der Waals surface area contributed by atoms with E-state index >= 15 is 0 Å². The summed E-state index contributed by atoms with van der Waals surface area (Å²) in [5.74, 6) is -0.403. The van der Waals surface area contributed by atoms with Gasteiger partial charge in [-0.3, -0.25) is 9.59 Å². The lowest BCUT2D eigenvalue weighted by molar-refractivity contribution is -0.117. The molecule has 0 saturated heterocycles. The number of thiol groups is 1. The van der Waals surface area contributed by atoms with Gasteiger partial charge >= 0.3 is 0 Å². The van der Waals surface area contributed by atoms with Crippen LogP contribution < -0.4 is 11.1 Å². The van der Waals surface area contributed by atoms with Crippen LogP contribution in [0.25, 0.3) is 0 Å². The third-order valence-electron chi connectivity index (χ3n) is 0.810. The first kappa shape index (κ1) is 10.0. The Morgan fingerprint density at radius 2 is 2.09 bits per heavy atom. The van der Waals surface area contributed by atoms with Gasteiger partial charge in [-0.05, 0) is 0 Å². The number of hydrogen-bond donors (Lipinski definition) is 3. The Morgan fingerprint density at radius 3 is 2.55 bits per heavy atom. The highest BCUT2D eigenvalue weighted by molar-refractivity contribution is 7.80. The maximum absolute atomic E-state index is 10.7. The van der Waals surface area contributed by atoms with E-state index in [1.165, 1.54) is 0 Å². The van der Waals surface area contributed by atoms with Gasteiger partial charge in [0.15, 0.2) is 0 Å². The van der Waals surface area contributed by atoms with Crippen LogP contribution in [0.3, 0.4) is 0 Å². The molecule has 0 radical (unpaired) electrons. The summed E-state index contributed by atoms with van der Waals surface area (Å²) in [4.78, 5) is 20.8. The van der Waals surface area contributed by atoms with Crippen molar-refractivity contribution in [3.05, 3.63) is 12.2 Å². The smallest absolute Gasteiger partial charge is 0.244 e. The molecule has 0 atom stereocenters. The van der Waals surface area contributed by atoms with E-state index in [4.69, 9.17) is 5.73 Å². The molecule has 11 heavy (non-hydrogen) atoms. The average Bonchev–Trinajstić information content (AvgIpc) is 1.97. The van der Waals surface area contributed by atoms with Crippen LogP contribution in [0.15, 0.2) is 12.2 Å². The number of nitrogens with two attached hydrogens (primary N) is 1. The maximum atomic E-state index is 10.7. The van der Waals surface area contributed by atoms with Crippen LogP contribution in [-0.4, -0.2) is 24.1 Å². The first-order chi connectivity index (χ1) is 5.16. The van der Waals surface area contributed by atoms with Gasteiger partial charge in [0, 0.05) is 24.4 Å². The van der Waals surface area contributed by atoms with Gasteiger partial charge in [-0.1, -0.05) is 0 Å². The molecule has 2 amide bonds. The summed E-state index contributed by atoms with van der Waals surface area (Å²) >= 11 is 3.87. The molecule has 0 bridgehead atoms. The standard InChI is InChI=1S/C6H10N2O2S/c7-5(9)1-2-6(10)8-3-4-11/h1-2,11H,3-4H2,(H2,7,9)(H,8,10). The van der Waals surface area contributed by atoms with Gasteiger partial charge in [0.05, 0.1) is 0 Å². The number of carbonyl (C=O) groups is 2. The zero-order chi connectivity index (χ0) is 8.69. The molecule has 3 N–H and O–H groups in total. The van der Waals surface area contributed by atoms with E-state index in [-0.39, 0.29) is 5.91 Å². The van der Waals surface area contributed by atoms with Crippen LogP contribution in [-0.2, 0) is 9.59 Å². The molecule has 0 fully saturated rings.